The standard InChI is InChI=1S/C16H20N2O2S2/c1-12(2)13-5-7-14(8-6-13)22(19,20)18-10-3-4-15(18)16-17-9-11-21-16/h5-9,11-12,15H,3-4,10H2,1-2H3. The molecule has 6 heteroatoms. The first kappa shape index (κ1) is 15.6. The lowest BCUT2D eigenvalue weighted by molar-refractivity contribution is 0.395. The van der Waals surface area contributed by atoms with Crippen LogP contribution in [0, 0.1) is 0 Å². The van der Waals surface area contributed by atoms with Crippen LogP contribution in [-0.4, -0.2) is 24.3 Å². The lowest BCUT2D eigenvalue weighted by Crippen LogP contribution is -2.30. The molecule has 1 aliphatic rings. The maximum Gasteiger partial charge on any atom is 0.243 e. The minimum Gasteiger partial charge on any atom is -0.248 e. The molecule has 0 spiro atoms. The van der Waals surface area contributed by atoms with Crippen molar-refractivity contribution >= 4 is 21.4 Å². The molecule has 118 valence electrons. The zero-order valence-corrected chi connectivity index (χ0v) is 14.4. The Hall–Kier alpha value is -1.24. The summed E-state index contributed by atoms with van der Waals surface area (Å²) < 4.78 is 27.5. The molecule has 1 aromatic heterocycles. The molecule has 0 amide bonds. The normalized spacial score (nSPS) is 19.9. The van der Waals surface area contributed by atoms with Crippen molar-refractivity contribution in [2.75, 3.05) is 6.54 Å². The van der Waals surface area contributed by atoms with Gasteiger partial charge in [0.25, 0.3) is 0 Å². The van der Waals surface area contributed by atoms with Crippen LogP contribution in [0.25, 0.3) is 0 Å². The monoisotopic (exact) mass is 336 g/mol. The summed E-state index contributed by atoms with van der Waals surface area (Å²) in [6.45, 7) is 4.77. The SMILES string of the molecule is CC(C)c1ccc(S(=O)(=O)N2CCCC2c2nccs2)cc1. The van der Waals surface area contributed by atoms with Gasteiger partial charge in [-0.2, -0.15) is 4.31 Å². The lowest BCUT2D eigenvalue weighted by atomic mass is 10.0. The molecule has 3 rings (SSSR count). The minimum atomic E-state index is -3.46. The molecule has 0 radical (unpaired) electrons. The summed E-state index contributed by atoms with van der Waals surface area (Å²) in [4.78, 5) is 4.68. The van der Waals surface area contributed by atoms with E-state index in [9.17, 15) is 8.42 Å². The molecule has 1 unspecified atom stereocenters. The summed E-state index contributed by atoms with van der Waals surface area (Å²) in [5, 5.41) is 2.79. The zero-order valence-electron chi connectivity index (χ0n) is 12.8. The smallest absolute Gasteiger partial charge is 0.243 e. The summed E-state index contributed by atoms with van der Waals surface area (Å²) in [7, 11) is -3.46. The van der Waals surface area contributed by atoms with Crippen LogP contribution in [0.4, 0.5) is 0 Å². The van der Waals surface area contributed by atoms with Gasteiger partial charge in [-0.3, -0.25) is 0 Å². The quantitative estimate of drug-likeness (QED) is 0.853. The Balaban J connectivity index is 1.91. The number of thiazole rings is 1. The molecule has 0 aliphatic carbocycles. The molecule has 1 atom stereocenters. The highest BCUT2D eigenvalue weighted by atomic mass is 32.2. The summed E-state index contributed by atoms with van der Waals surface area (Å²) >= 11 is 1.52. The fraction of sp³-hybridized carbons (Fsp3) is 0.438. The molecule has 2 heterocycles. The predicted molar refractivity (Wildman–Crippen MR) is 88.5 cm³/mol. The fourth-order valence-electron chi connectivity index (χ4n) is 2.83. The van der Waals surface area contributed by atoms with Gasteiger partial charge >= 0.3 is 0 Å². The highest BCUT2D eigenvalue weighted by Gasteiger charge is 2.37. The van der Waals surface area contributed by atoms with Gasteiger partial charge in [-0.1, -0.05) is 26.0 Å². The van der Waals surface area contributed by atoms with E-state index in [-0.39, 0.29) is 6.04 Å². The van der Waals surface area contributed by atoms with E-state index < -0.39 is 10.0 Å². The largest absolute Gasteiger partial charge is 0.248 e. The Labute approximate surface area is 135 Å². The van der Waals surface area contributed by atoms with E-state index in [1.54, 1.807) is 22.6 Å². The van der Waals surface area contributed by atoms with Crippen molar-refractivity contribution in [3.8, 4) is 0 Å². The highest BCUT2D eigenvalue weighted by Crippen LogP contribution is 2.37. The zero-order chi connectivity index (χ0) is 15.7. The van der Waals surface area contributed by atoms with E-state index in [1.807, 2.05) is 17.5 Å². The van der Waals surface area contributed by atoms with Gasteiger partial charge in [0.2, 0.25) is 10.0 Å². The minimum absolute atomic E-state index is 0.116. The molecular formula is C16H20N2O2S2. The van der Waals surface area contributed by atoms with Gasteiger partial charge in [-0.15, -0.1) is 11.3 Å². The summed E-state index contributed by atoms with van der Waals surface area (Å²) in [6, 6.07) is 7.15. The molecule has 1 fully saturated rings. The Bertz CT molecular complexity index is 722. The predicted octanol–water partition coefficient (Wildman–Crippen LogP) is 3.79. The van der Waals surface area contributed by atoms with Crippen LogP contribution in [0.15, 0.2) is 40.7 Å². The van der Waals surface area contributed by atoms with E-state index in [2.05, 4.69) is 18.8 Å². The second-order valence-corrected chi connectivity index (χ2v) is 8.68. The van der Waals surface area contributed by atoms with E-state index in [1.165, 1.54) is 11.3 Å². The Morgan fingerprint density at radius 2 is 2.00 bits per heavy atom. The van der Waals surface area contributed by atoms with Crippen molar-refractivity contribution in [3.63, 3.8) is 0 Å². The molecule has 0 N–H and O–H groups in total. The van der Waals surface area contributed by atoms with Gasteiger partial charge < -0.3 is 0 Å². The van der Waals surface area contributed by atoms with Crippen LogP contribution in [-0.2, 0) is 10.0 Å². The molecule has 1 saturated heterocycles. The Morgan fingerprint density at radius 1 is 1.27 bits per heavy atom. The number of hydrogen-bond donors (Lipinski definition) is 0. The van der Waals surface area contributed by atoms with Gasteiger partial charge in [0, 0.05) is 18.1 Å². The third kappa shape index (κ3) is 2.83. The molecule has 1 aromatic carbocycles. The molecule has 4 nitrogen and oxygen atoms in total. The van der Waals surface area contributed by atoms with Crippen LogP contribution in [0.1, 0.15) is 49.2 Å². The number of rotatable bonds is 4. The molecule has 0 bridgehead atoms. The van der Waals surface area contributed by atoms with Crippen molar-refractivity contribution in [2.24, 2.45) is 0 Å². The van der Waals surface area contributed by atoms with Crippen molar-refractivity contribution in [1.29, 1.82) is 0 Å². The van der Waals surface area contributed by atoms with Crippen molar-refractivity contribution in [3.05, 3.63) is 46.4 Å². The topological polar surface area (TPSA) is 50.3 Å². The van der Waals surface area contributed by atoms with Crippen LogP contribution in [0.5, 0.6) is 0 Å². The number of benzene rings is 1. The molecule has 22 heavy (non-hydrogen) atoms. The van der Waals surface area contributed by atoms with Crippen molar-refractivity contribution in [2.45, 2.75) is 43.5 Å². The Morgan fingerprint density at radius 3 is 2.59 bits per heavy atom. The van der Waals surface area contributed by atoms with E-state index in [4.69, 9.17) is 0 Å². The van der Waals surface area contributed by atoms with Crippen LogP contribution in [0.3, 0.4) is 0 Å². The first-order valence-electron chi connectivity index (χ1n) is 7.51. The van der Waals surface area contributed by atoms with Gasteiger partial charge in [0.05, 0.1) is 10.9 Å². The summed E-state index contributed by atoms with van der Waals surface area (Å²) in [6.07, 6.45) is 3.46. The first-order chi connectivity index (χ1) is 10.5. The number of sulfonamides is 1. The van der Waals surface area contributed by atoms with Crippen molar-refractivity contribution < 1.29 is 8.42 Å². The van der Waals surface area contributed by atoms with E-state index >= 15 is 0 Å². The third-order valence-electron chi connectivity index (χ3n) is 4.09. The van der Waals surface area contributed by atoms with E-state index in [0.717, 1.165) is 23.4 Å². The molecule has 2 aromatic rings. The average molecular weight is 336 g/mol. The van der Waals surface area contributed by atoms with Gasteiger partial charge in [0.15, 0.2) is 0 Å². The number of hydrogen-bond acceptors (Lipinski definition) is 4. The molecule has 0 saturated carbocycles. The maximum atomic E-state index is 12.9. The maximum absolute atomic E-state index is 12.9. The fourth-order valence-corrected chi connectivity index (χ4v) is 5.35. The van der Waals surface area contributed by atoms with Crippen LogP contribution in [0.2, 0.25) is 0 Å². The van der Waals surface area contributed by atoms with Gasteiger partial charge in [-0.25, -0.2) is 13.4 Å². The average Bonchev–Trinajstić information content (AvgIpc) is 3.18. The van der Waals surface area contributed by atoms with Crippen LogP contribution < -0.4 is 0 Å². The van der Waals surface area contributed by atoms with Gasteiger partial charge in [0.1, 0.15) is 5.01 Å². The van der Waals surface area contributed by atoms with Crippen LogP contribution >= 0.6 is 11.3 Å². The highest BCUT2D eigenvalue weighted by molar-refractivity contribution is 7.89. The third-order valence-corrected chi connectivity index (χ3v) is 6.89. The summed E-state index contributed by atoms with van der Waals surface area (Å²) in [5.41, 5.74) is 1.15. The van der Waals surface area contributed by atoms with Crippen molar-refractivity contribution in [1.82, 2.24) is 9.29 Å². The second kappa shape index (κ2) is 6.10. The van der Waals surface area contributed by atoms with E-state index in [0.29, 0.717) is 17.4 Å². The molecule has 1 aliphatic heterocycles. The Kier molecular flexibility index (Phi) is 4.34. The molecular weight excluding hydrogens is 316 g/mol. The first-order valence-corrected chi connectivity index (χ1v) is 9.83. The summed E-state index contributed by atoms with van der Waals surface area (Å²) in [5.74, 6) is 0.395. The second-order valence-electron chi connectivity index (χ2n) is 5.87. The van der Waals surface area contributed by atoms with Gasteiger partial charge in [-0.05, 0) is 36.5 Å². The number of nitrogens with zero attached hydrogens (tertiary/aromatic N) is 2. The lowest BCUT2D eigenvalue weighted by Gasteiger charge is -2.22. The number of aromatic nitrogens is 1.